The van der Waals surface area contributed by atoms with Crippen LogP contribution in [-0.4, -0.2) is 37.0 Å². The highest BCUT2D eigenvalue weighted by Crippen LogP contribution is 2.11. The Hall–Kier alpha value is -0.570. The van der Waals surface area contributed by atoms with Crippen LogP contribution in [0, 0.1) is 5.92 Å². The molecular formula is C15H30N2O. The first kappa shape index (κ1) is 15.5. The minimum Gasteiger partial charge on any atom is -0.343 e. The Labute approximate surface area is 112 Å². The quantitative estimate of drug-likeness (QED) is 0.642. The van der Waals surface area contributed by atoms with Crippen LogP contribution in [0.5, 0.6) is 0 Å². The van der Waals surface area contributed by atoms with Crippen molar-refractivity contribution in [2.75, 3.05) is 26.2 Å². The van der Waals surface area contributed by atoms with Crippen molar-refractivity contribution in [1.29, 1.82) is 0 Å². The molecule has 0 bridgehead atoms. The fourth-order valence-corrected chi connectivity index (χ4v) is 2.57. The van der Waals surface area contributed by atoms with Gasteiger partial charge in [-0.25, -0.2) is 0 Å². The van der Waals surface area contributed by atoms with Crippen LogP contribution >= 0.6 is 0 Å². The maximum absolute atomic E-state index is 11.8. The Morgan fingerprint density at radius 1 is 1.28 bits per heavy atom. The molecule has 1 atom stereocenters. The number of unbranched alkanes of at least 4 members (excludes halogenated alkanes) is 1. The van der Waals surface area contributed by atoms with Gasteiger partial charge in [-0.1, -0.05) is 33.1 Å². The lowest BCUT2D eigenvalue weighted by Gasteiger charge is -2.17. The molecule has 3 heteroatoms. The molecule has 0 radical (unpaired) electrons. The van der Waals surface area contributed by atoms with Gasteiger partial charge in [0.25, 0.3) is 0 Å². The van der Waals surface area contributed by atoms with Crippen molar-refractivity contribution in [2.45, 2.75) is 58.8 Å². The second-order valence-corrected chi connectivity index (χ2v) is 5.46. The van der Waals surface area contributed by atoms with E-state index in [1.807, 2.05) is 4.90 Å². The molecule has 1 fully saturated rings. The second kappa shape index (κ2) is 9.37. The molecule has 1 aliphatic heterocycles. The summed E-state index contributed by atoms with van der Waals surface area (Å²) in [7, 11) is 0. The van der Waals surface area contributed by atoms with Crippen molar-refractivity contribution in [2.24, 2.45) is 5.92 Å². The lowest BCUT2D eigenvalue weighted by molar-refractivity contribution is -0.130. The molecule has 1 amide bonds. The van der Waals surface area contributed by atoms with Gasteiger partial charge >= 0.3 is 0 Å². The van der Waals surface area contributed by atoms with Crippen molar-refractivity contribution in [1.82, 2.24) is 10.2 Å². The molecule has 1 saturated heterocycles. The number of amides is 1. The third kappa shape index (κ3) is 5.85. The highest BCUT2D eigenvalue weighted by Gasteiger charge is 2.17. The van der Waals surface area contributed by atoms with Crippen molar-refractivity contribution >= 4 is 5.91 Å². The molecular weight excluding hydrogens is 224 g/mol. The number of carbonyl (C=O) groups excluding carboxylic acids is 1. The highest BCUT2D eigenvalue weighted by atomic mass is 16.2. The van der Waals surface area contributed by atoms with Gasteiger partial charge < -0.3 is 10.2 Å². The van der Waals surface area contributed by atoms with Crippen LogP contribution < -0.4 is 5.32 Å². The smallest absolute Gasteiger partial charge is 0.223 e. The van der Waals surface area contributed by atoms with Crippen LogP contribution in [0.3, 0.4) is 0 Å². The minimum atomic E-state index is 0.335. The molecule has 1 unspecified atom stereocenters. The molecule has 18 heavy (non-hydrogen) atoms. The maximum Gasteiger partial charge on any atom is 0.223 e. The zero-order valence-corrected chi connectivity index (χ0v) is 12.2. The number of carbonyl (C=O) groups is 1. The number of nitrogens with one attached hydrogen (secondary N) is 1. The summed E-state index contributed by atoms with van der Waals surface area (Å²) in [5, 5.41) is 3.45. The van der Waals surface area contributed by atoms with E-state index in [0.717, 1.165) is 32.1 Å². The van der Waals surface area contributed by atoms with Gasteiger partial charge in [0.05, 0.1) is 0 Å². The minimum absolute atomic E-state index is 0.335. The van der Waals surface area contributed by atoms with Crippen LogP contribution in [0.1, 0.15) is 58.8 Å². The molecule has 0 aromatic rings. The molecule has 3 nitrogen and oxygen atoms in total. The zero-order valence-electron chi connectivity index (χ0n) is 12.2. The first-order valence-corrected chi connectivity index (χ1v) is 7.76. The van der Waals surface area contributed by atoms with E-state index in [4.69, 9.17) is 0 Å². The van der Waals surface area contributed by atoms with E-state index in [9.17, 15) is 4.79 Å². The topological polar surface area (TPSA) is 32.3 Å². The Balaban J connectivity index is 2.04. The third-order valence-electron chi connectivity index (χ3n) is 3.95. The van der Waals surface area contributed by atoms with E-state index >= 15 is 0 Å². The Bertz CT molecular complexity index is 225. The molecule has 1 heterocycles. The van der Waals surface area contributed by atoms with Gasteiger partial charge in [-0.15, -0.1) is 0 Å². The Morgan fingerprint density at radius 3 is 2.61 bits per heavy atom. The lowest BCUT2D eigenvalue weighted by Crippen LogP contribution is -2.32. The number of rotatable bonds is 9. The summed E-state index contributed by atoms with van der Waals surface area (Å²) < 4.78 is 0. The molecule has 106 valence electrons. The maximum atomic E-state index is 11.8. The third-order valence-corrected chi connectivity index (χ3v) is 3.95. The summed E-state index contributed by atoms with van der Waals surface area (Å²) in [5.74, 6) is 1.12. The van der Waals surface area contributed by atoms with Gasteiger partial charge in [0, 0.05) is 26.1 Å². The van der Waals surface area contributed by atoms with Crippen molar-refractivity contribution in [3.8, 4) is 0 Å². The lowest BCUT2D eigenvalue weighted by atomic mass is 9.99. The number of hydrogen-bond acceptors (Lipinski definition) is 2. The van der Waals surface area contributed by atoms with Crippen molar-refractivity contribution < 1.29 is 4.79 Å². The number of likely N-dealkylation sites (tertiary alicyclic amines) is 1. The molecule has 0 aromatic carbocycles. The van der Waals surface area contributed by atoms with Gasteiger partial charge in [-0.3, -0.25) is 4.79 Å². The van der Waals surface area contributed by atoms with E-state index in [0.29, 0.717) is 12.3 Å². The summed E-state index contributed by atoms with van der Waals surface area (Å²) >= 11 is 0. The van der Waals surface area contributed by atoms with Crippen LogP contribution in [0.25, 0.3) is 0 Å². The van der Waals surface area contributed by atoms with Gasteiger partial charge in [0.1, 0.15) is 0 Å². The van der Waals surface area contributed by atoms with E-state index in [-0.39, 0.29) is 0 Å². The van der Waals surface area contributed by atoms with Gasteiger partial charge in [-0.05, 0) is 31.7 Å². The van der Waals surface area contributed by atoms with Crippen molar-refractivity contribution in [3.63, 3.8) is 0 Å². The van der Waals surface area contributed by atoms with E-state index in [2.05, 4.69) is 19.2 Å². The Kier molecular flexibility index (Phi) is 8.06. The Morgan fingerprint density at radius 2 is 2.00 bits per heavy atom. The molecule has 1 rings (SSSR count). The standard InChI is InChI=1S/C15H30N2O/c1-3-5-8-14(4-2)13-16-10-9-15(18)17-11-6-7-12-17/h14,16H,3-13H2,1-2H3. The first-order valence-electron chi connectivity index (χ1n) is 7.76. The molecule has 0 aliphatic carbocycles. The first-order chi connectivity index (χ1) is 8.77. The predicted molar refractivity (Wildman–Crippen MR) is 76.6 cm³/mol. The van der Waals surface area contributed by atoms with Crippen LogP contribution in [0.2, 0.25) is 0 Å². The largest absolute Gasteiger partial charge is 0.343 e. The van der Waals surface area contributed by atoms with E-state index in [1.54, 1.807) is 0 Å². The molecule has 0 saturated carbocycles. The van der Waals surface area contributed by atoms with E-state index < -0.39 is 0 Å². The summed E-state index contributed by atoms with van der Waals surface area (Å²) in [6, 6.07) is 0. The average molecular weight is 254 g/mol. The van der Waals surface area contributed by atoms with Gasteiger partial charge in [-0.2, -0.15) is 0 Å². The molecule has 1 N–H and O–H groups in total. The average Bonchev–Trinajstić information content (AvgIpc) is 2.91. The van der Waals surface area contributed by atoms with Crippen molar-refractivity contribution in [3.05, 3.63) is 0 Å². The second-order valence-electron chi connectivity index (χ2n) is 5.46. The predicted octanol–water partition coefficient (Wildman–Crippen LogP) is 2.80. The molecule has 0 aromatic heterocycles. The highest BCUT2D eigenvalue weighted by molar-refractivity contribution is 5.76. The zero-order chi connectivity index (χ0) is 13.2. The van der Waals surface area contributed by atoms with Crippen LogP contribution in [0.15, 0.2) is 0 Å². The SMILES string of the molecule is CCCCC(CC)CNCCC(=O)N1CCCC1. The number of hydrogen-bond donors (Lipinski definition) is 1. The van der Waals surface area contributed by atoms with Crippen LogP contribution in [-0.2, 0) is 4.79 Å². The molecule has 1 aliphatic rings. The fourth-order valence-electron chi connectivity index (χ4n) is 2.57. The fraction of sp³-hybridized carbons (Fsp3) is 0.933. The normalized spacial score (nSPS) is 17.1. The van der Waals surface area contributed by atoms with Gasteiger partial charge in [0.15, 0.2) is 0 Å². The summed E-state index contributed by atoms with van der Waals surface area (Å²) in [6.45, 7) is 8.38. The summed E-state index contributed by atoms with van der Waals surface area (Å²) in [4.78, 5) is 13.8. The molecule has 0 spiro atoms. The van der Waals surface area contributed by atoms with E-state index in [1.165, 1.54) is 38.5 Å². The monoisotopic (exact) mass is 254 g/mol. The summed E-state index contributed by atoms with van der Waals surface area (Å²) in [5.41, 5.74) is 0. The summed E-state index contributed by atoms with van der Waals surface area (Å²) in [6.07, 6.45) is 8.22. The number of nitrogens with zero attached hydrogens (tertiary/aromatic N) is 1. The van der Waals surface area contributed by atoms with Gasteiger partial charge in [0.2, 0.25) is 5.91 Å². The van der Waals surface area contributed by atoms with Crippen LogP contribution in [0.4, 0.5) is 0 Å².